The van der Waals surface area contributed by atoms with Gasteiger partial charge in [0, 0.05) is 5.56 Å². The van der Waals surface area contributed by atoms with Gasteiger partial charge in [0.15, 0.2) is 5.78 Å². The molecule has 4 rings (SSSR count). The molecule has 0 spiro atoms. The van der Waals surface area contributed by atoms with Crippen LogP contribution in [0.1, 0.15) is 15.9 Å². The molecule has 0 saturated heterocycles. The Morgan fingerprint density at radius 2 is 1.60 bits per heavy atom. The Hall–Kier alpha value is -3.15. The zero-order valence-electron chi connectivity index (χ0n) is 15.9. The number of carbonyl (C=O) groups excluding carboxylic acids is 1. The van der Waals surface area contributed by atoms with Gasteiger partial charge in [0.1, 0.15) is 0 Å². The first kappa shape index (κ1) is 20.1. The Kier molecular flexibility index (Phi) is 5.33. The first-order valence-electron chi connectivity index (χ1n) is 9.16. The van der Waals surface area contributed by atoms with Crippen LogP contribution >= 0.6 is 23.2 Å². The number of halogens is 2. The highest BCUT2D eigenvalue weighted by atomic mass is 35.5. The second-order valence-corrected chi connectivity index (χ2v) is 7.73. The second-order valence-electron chi connectivity index (χ2n) is 6.91. The van der Waals surface area contributed by atoms with Crippen LogP contribution in [-0.4, -0.2) is 14.9 Å². The van der Waals surface area contributed by atoms with Gasteiger partial charge >= 0.3 is 5.69 Å². The number of nitrogens with zero attached hydrogens (tertiary/aromatic N) is 2. The first-order valence-corrected chi connectivity index (χ1v) is 9.92. The van der Waals surface area contributed by atoms with Gasteiger partial charge in [-0.2, -0.15) is 0 Å². The Balaban J connectivity index is 1.94. The lowest BCUT2D eigenvalue weighted by Gasteiger charge is -2.14. The monoisotopic (exact) mass is 438 g/mol. The van der Waals surface area contributed by atoms with Crippen LogP contribution < -0.4 is 11.2 Å². The van der Waals surface area contributed by atoms with Crippen LogP contribution in [0.4, 0.5) is 0 Å². The van der Waals surface area contributed by atoms with E-state index in [1.807, 2.05) is 19.1 Å². The van der Waals surface area contributed by atoms with Gasteiger partial charge in [-0.1, -0.05) is 65.2 Å². The Bertz CT molecular complexity index is 1400. The number of hydrogen-bond donors (Lipinski definition) is 0. The van der Waals surface area contributed by atoms with Crippen molar-refractivity contribution >= 4 is 39.9 Å². The van der Waals surface area contributed by atoms with E-state index in [2.05, 4.69) is 0 Å². The van der Waals surface area contributed by atoms with Crippen molar-refractivity contribution in [2.75, 3.05) is 0 Å². The lowest BCUT2D eigenvalue weighted by Crippen LogP contribution is -2.40. The molecule has 0 bridgehead atoms. The quantitative estimate of drug-likeness (QED) is 0.435. The SMILES string of the molecule is Cc1ccc(C(=O)Cn2c(=O)n(-c3ccc(Cl)c(Cl)c3)c(=O)c3ccccc32)cc1. The Morgan fingerprint density at radius 1 is 0.900 bits per heavy atom. The maximum absolute atomic E-state index is 13.3. The molecular formula is C23H16Cl2N2O3. The third kappa shape index (κ3) is 3.58. The summed E-state index contributed by atoms with van der Waals surface area (Å²) in [6, 6.07) is 18.3. The van der Waals surface area contributed by atoms with E-state index in [9.17, 15) is 14.4 Å². The maximum atomic E-state index is 13.3. The minimum Gasteiger partial charge on any atom is -0.292 e. The van der Waals surface area contributed by atoms with Gasteiger partial charge in [0.05, 0.1) is 33.2 Å². The third-order valence-corrected chi connectivity index (χ3v) is 5.63. The molecule has 0 radical (unpaired) electrons. The van der Waals surface area contributed by atoms with Crippen LogP contribution in [-0.2, 0) is 6.54 Å². The van der Waals surface area contributed by atoms with Crippen molar-refractivity contribution in [2.45, 2.75) is 13.5 Å². The number of para-hydroxylation sites is 1. The van der Waals surface area contributed by atoms with Gasteiger partial charge in [0.2, 0.25) is 0 Å². The summed E-state index contributed by atoms with van der Waals surface area (Å²) in [6.07, 6.45) is 0. The fraction of sp³-hybridized carbons (Fsp3) is 0.0870. The van der Waals surface area contributed by atoms with E-state index < -0.39 is 11.2 Å². The van der Waals surface area contributed by atoms with Crippen LogP contribution in [0.15, 0.2) is 76.3 Å². The van der Waals surface area contributed by atoms with Crippen LogP contribution in [0.2, 0.25) is 10.0 Å². The fourth-order valence-electron chi connectivity index (χ4n) is 3.30. The molecule has 0 atom stereocenters. The highest BCUT2D eigenvalue weighted by Crippen LogP contribution is 2.23. The topological polar surface area (TPSA) is 61.1 Å². The molecule has 5 nitrogen and oxygen atoms in total. The van der Waals surface area contributed by atoms with E-state index in [0.29, 0.717) is 21.5 Å². The van der Waals surface area contributed by atoms with E-state index in [-0.39, 0.29) is 23.0 Å². The summed E-state index contributed by atoms with van der Waals surface area (Å²) in [7, 11) is 0. The number of rotatable bonds is 4. The number of ketones is 1. The number of benzene rings is 3. The molecule has 4 aromatic rings. The number of carbonyl (C=O) groups is 1. The molecule has 7 heteroatoms. The van der Waals surface area contributed by atoms with Gasteiger partial charge in [-0.3, -0.25) is 14.2 Å². The highest BCUT2D eigenvalue weighted by Gasteiger charge is 2.17. The van der Waals surface area contributed by atoms with Gasteiger partial charge < -0.3 is 0 Å². The van der Waals surface area contributed by atoms with E-state index in [4.69, 9.17) is 23.2 Å². The molecule has 0 N–H and O–H groups in total. The first-order chi connectivity index (χ1) is 14.4. The van der Waals surface area contributed by atoms with Crippen molar-refractivity contribution in [1.82, 2.24) is 9.13 Å². The lowest BCUT2D eigenvalue weighted by molar-refractivity contribution is 0.0971. The number of Topliss-reactive ketones (excluding diaryl/α,β-unsaturated/α-hetero) is 1. The molecule has 0 saturated carbocycles. The number of fused-ring (bicyclic) bond motifs is 1. The minimum atomic E-state index is -0.627. The summed E-state index contributed by atoms with van der Waals surface area (Å²) in [5.41, 5.74) is 1.07. The third-order valence-electron chi connectivity index (χ3n) is 4.89. The lowest BCUT2D eigenvalue weighted by atomic mass is 10.1. The predicted octanol–water partition coefficient (Wildman–Crippen LogP) is 4.65. The Morgan fingerprint density at radius 3 is 2.30 bits per heavy atom. The average Bonchev–Trinajstić information content (AvgIpc) is 2.74. The summed E-state index contributed by atoms with van der Waals surface area (Å²) < 4.78 is 2.31. The molecule has 3 aromatic carbocycles. The van der Waals surface area contributed by atoms with Crippen LogP contribution in [0.25, 0.3) is 16.6 Å². The molecule has 1 aromatic heterocycles. The normalized spacial score (nSPS) is 11.0. The summed E-state index contributed by atoms with van der Waals surface area (Å²) in [5.74, 6) is -0.235. The number of hydrogen-bond acceptors (Lipinski definition) is 3. The molecule has 150 valence electrons. The van der Waals surface area contributed by atoms with Crippen molar-refractivity contribution in [1.29, 1.82) is 0 Å². The smallest absolute Gasteiger partial charge is 0.292 e. The molecule has 0 aliphatic heterocycles. The van der Waals surface area contributed by atoms with Crippen molar-refractivity contribution in [3.05, 3.63) is 109 Å². The van der Waals surface area contributed by atoms with Crippen molar-refractivity contribution in [2.24, 2.45) is 0 Å². The van der Waals surface area contributed by atoms with Crippen molar-refractivity contribution in [3.8, 4) is 5.69 Å². The molecule has 0 unspecified atom stereocenters. The molecule has 0 aliphatic rings. The van der Waals surface area contributed by atoms with Gasteiger partial charge in [-0.05, 0) is 37.3 Å². The van der Waals surface area contributed by atoms with Crippen LogP contribution in [0, 0.1) is 6.92 Å². The standard InChI is InChI=1S/C23H16Cl2N2O3/c1-14-6-8-15(9-7-14)21(28)13-26-20-5-3-2-4-17(20)22(29)27(23(26)30)16-10-11-18(24)19(25)12-16/h2-12H,13H2,1H3. The van der Waals surface area contributed by atoms with E-state index >= 15 is 0 Å². The van der Waals surface area contributed by atoms with E-state index in [1.165, 1.54) is 22.8 Å². The molecular weight excluding hydrogens is 423 g/mol. The predicted molar refractivity (Wildman–Crippen MR) is 119 cm³/mol. The summed E-state index contributed by atoms with van der Waals surface area (Å²) in [6.45, 7) is 1.73. The van der Waals surface area contributed by atoms with E-state index in [0.717, 1.165) is 10.1 Å². The molecule has 1 heterocycles. The summed E-state index contributed by atoms with van der Waals surface area (Å²) >= 11 is 12.1. The van der Waals surface area contributed by atoms with Crippen LogP contribution in [0.3, 0.4) is 0 Å². The highest BCUT2D eigenvalue weighted by molar-refractivity contribution is 6.42. The summed E-state index contributed by atoms with van der Waals surface area (Å²) in [5, 5.41) is 0.847. The zero-order valence-corrected chi connectivity index (χ0v) is 17.4. The Labute approximate surface area is 181 Å². The number of aromatic nitrogens is 2. The largest absolute Gasteiger partial charge is 0.336 e. The van der Waals surface area contributed by atoms with Gasteiger partial charge in [-0.25, -0.2) is 9.36 Å². The molecule has 0 fully saturated rings. The second kappa shape index (κ2) is 7.94. The van der Waals surface area contributed by atoms with Crippen molar-refractivity contribution in [3.63, 3.8) is 0 Å². The van der Waals surface area contributed by atoms with Crippen LogP contribution in [0.5, 0.6) is 0 Å². The minimum absolute atomic E-state index is 0.204. The van der Waals surface area contributed by atoms with Gasteiger partial charge in [0.25, 0.3) is 5.56 Å². The average molecular weight is 439 g/mol. The summed E-state index contributed by atoms with van der Waals surface area (Å²) in [4.78, 5) is 39.3. The van der Waals surface area contributed by atoms with Gasteiger partial charge in [-0.15, -0.1) is 0 Å². The molecule has 0 aliphatic carbocycles. The fourth-order valence-corrected chi connectivity index (χ4v) is 3.59. The van der Waals surface area contributed by atoms with Crippen molar-refractivity contribution < 1.29 is 4.79 Å². The number of aryl methyl sites for hydroxylation is 1. The molecule has 0 amide bonds. The van der Waals surface area contributed by atoms with E-state index in [1.54, 1.807) is 36.4 Å². The zero-order chi connectivity index (χ0) is 21.4. The molecule has 30 heavy (non-hydrogen) atoms. The maximum Gasteiger partial charge on any atom is 0.336 e.